The number of carbonyl (C=O) groups excluding carboxylic acids is 1. The summed E-state index contributed by atoms with van der Waals surface area (Å²) >= 11 is 0. The molecule has 6 nitrogen and oxygen atoms in total. The highest BCUT2D eigenvalue weighted by molar-refractivity contribution is 7.88. The number of hydrogen-bond donors (Lipinski definition) is 3. The molecule has 0 heterocycles. The van der Waals surface area contributed by atoms with E-state index in [0.29, 0.717) is 0 Å². The highest BCUT2D eigenvalue weighted by atomic mass is 32.2. The number of nitrogens with one attached hydrogen (secondary N) is 2. The first-order valence-electron chi connectivity index (χ1n) is 9.81. The molecule has 152 valence electrons. The minimum Gasteiger partial charge on any atom is -0.392 e. The second-order valence-electron chi connectivity index (χ2n) is 9.22. The minimum atomic E-state index is -3.28. The van der Waals surface area contributed by atoms with E-state index in [9.17, 15) is 18.3 Å². The number of aliphatic hydroxyl groups is 1. The molecule has 0 saturated heterocycles. The molecule has 7 atom stereocenters. The third kappa shape index (κ3) is 4.60. The molecular weight excluding hydrogens is 352 g/mol. The number of rotatable bonds is 5. The zero-order chi connectivity index (χ0) is 19.9. The Morgan fingerprint density at radius 2 is 1.77 bits per heavy atom. The van der Waals surface area contributed by atoms with Gasteiger partial charge < -0.3 is 10.4 Å². The first-order valence-corrected chi connectivity index (χ1v) is 11.7. The Kier molecular flexibility index (Phi) is 6.46. The van der Waals surface area contributed by atoms with E-state index < -0.39 is 16.1 Å². The van der Waals surface area contributed by atoms with E-state index in [0.717, 1.165) is 25.7 Å². The van der Waals surface area contributed by atoms with Crippen LogP contribution in [0.1, 0.15) is 60.3 Å². The number of fused-ring (bicyclic) bond motifs is 1. The summed E-state index contributed by atoms with van der Waals surface area (Å²) in [5.41, 5.74) is -0.000733. The highest BCUT2D eigenvalue weighted by Crippen LogP contribution is 2.55. The number of carbonyl (C=O) groups is 1. The zero-order valence-corrected chi connectivity index (χ0v) is 17.8. The van der Waals surface area contributed by atoms with Crippen LogP contribution in [-0.2, 0) is 14.8 Å². The normalized spacial score (nSPS) is 39.3. The van der Waals surface area contributed by atoms with Crippen LogP contribution in [0.4, 0.5) is 0 Å². The fourth-order valence-corrected chi connectivity index (χ4v) is 6.23. The van der Waals surface area contributed by atoms with Gasteiger partial charge in [-0.05, 0) is 62.7 Å². The lowest BCUT2D eigenvalue weighted by Crippen LogP contribution is -2.58. The van der Waals surface area contributed by atoms with Crippen molar-refractivity contribution in [3.8, 4) is 0 Å². The van der Waals surface area contributed by atoms with Crippen LogP contribution in [0.15, 0.2) is 0 Å². The zero-order valence-electron chi connectivity index (χ0n) is 17.0. The number of amides is 1. The topological polar surface area (TPSA) is 95.5 Å². The second kappa shape index (κ2) is 7.76. The van der Waals surface area contributed by atoms with Crippen LogP contribution in [0, 0.1) is 29.1 Å². The van der Waals surface area contributed by atoms with Crippen molar-refractivity contribution in [3.63, 3.8) is 0 Å². The summed E-state index contributed by atoms with van der Waals surface area (Å²) in [4.78, 5) is 12.5. The maximum Gasteiger partial charge on any atom is 0.223 e. The average Bonchev–Trinajstić information content (AvgIpc) is 2.48. The molecular formula is C19H36N2O4S. The summed E-state index contributed by atoms with van der Waals surface area (Å²) in [5, 5.41) is 14.2. The van der Waals surface area contributed by atoms with Gasteiger partial charge in [-0.1, -0.05) is 20.8 Å². The van der Waals surface area contributed by atoms with E-state index >= 15 is 0 Å². The standard InChI is InChI=1S/C19H36N2O4S/c1-11(2)20-18(23)12(3)14-7-9-19(5)10-8-15(21-26(6,24)25)13(4)16(19)17(14)22/h11-17,21-22H,7-10H2,1-6H3,(H,20,23)/t12-,13+,14+,15-,16+,17-,19-/m0/s1. The molecule has 2 rings (SSSR count). The second-order valence-corrected chi connectivity index (χ2v) is 11.0. The molecule has 0 spiro atoms. The third-order valence-corrected chi connectivity index (χ3v) is 7.47. The van der Waals surface area contributed by atoms with Gasteiger partial charge in [-0.15, -0.1) is 0 Å². The van der Waals surface area contributed by atoms with Gasteiger partial charge >= 0.3 is 0 Å². The van der Waals surface area contributed by atoms with Gasteiger partial charge in [0, 0.05) is 18.0 Å². The molecule has 0 aromatic rings. The summed E-state index contributed by atoms with van der Waals surface area (Å²) < 4.78 is 26.2. The molecule has 0 unspecified atom stereocenters. The Labute approximate surface area is 158 Å². The lowest BCUT2D eigenvalue weighted by Gasteiger charge is -2.56. The first-order chi connectivity index (χ1) is 11.9. The predicted molar refractivity (Wildman–Crippen MR) is 103 cm³/mol. The molecule has 0 bridgehead atoms. The lowest BCUT2D eigenvalue weighted by atomic mass is 9.52. The molecule has 0 aliphatic heterocycles. The third-order valence-electron chi connectivity index (χ3n) is 6.74. The van der Waals surface area contributed by atoms with Crippen LogP contribution in [0.5, 0.6) is 0 Å². The molecule has 2 fully saturated rings. The molecule has 2 aliphatic carbocycles. The Morgan fingerprint density at radius 1 is 1.19 bits per heavy atom. The lowest BCUT2D eigenvalue weighted by molar-refractivity contribution is -0.142. The maximum absolute atomic E-state index is 12.5. The predicted octanol–water partition coefficient (Wildman–Crippen LogP) is 1.89. The summed E-state index contributed by atoms with van der Waals surface area (Å²) in [6.07, 6.45) is 4.08. The van der Waals surface area contributed by atoms with Crippen molar-refractivity contribution in [2.24, 2.45) is 29.1 Å². The van der Waals surface area contributed by atoms with E-state index in [-0.39, 0.29) is 47.1 Å². The van der Waals surface area contributed by atoms with Gasteiger partial charge in [0.2, 0.25) is 15.9 Å². The van der Waals surface area contributed by atoms with Gasteiger partial charge in [-0.2, -0.15) is 0 Å². The van der Waals surface area contributed by atoms with Crippen molar-refractivity contribution in [3.05, 3.63) is 0 Å². The van der Waals surface area contributed by atoms with Gasteiger partial charge in [0.05, 0.1) is 12.4 Å². The molecule has 2 aliphatic rings. The smallest absolute Gasteiger partial charge is 0.223 e. The summed E-state index contributed by atoms with van der Waals surface area (Å²) in [6, 6.07) is -0.0795. The Bertz CT molecular complexity index is 621. The van der Waals surface area contributed by atoms with E-state index in [1.54, 1.807) is 0 Å². The molecule has 1 amide bonds. The fraction of sp³-hybridized carbons (Fsp3) is 0.947. The van der Waals surface area contributed by atoms with Crippen LogP contribution in [0.25, 0.3) is 0 Å². The Balaban J connectivity index is 2.20. The van der Waals surface area contributed by atoms with E-state index in [1.807, 2.05) is 27.7 Å². The maximum atomic E-state index is 12.5. The molecule has 0 radical (unpaired) electrons. The first kappa shape index (κ1) is 21.6. The van der Waals surface area contributed by atoms with Crippen LogP contribution < -0.4 is 10.0 Å². The van der Waals surface area contributed by atoms with Gasteiger partial charge in [0.25, 0.3) is 0 Å². The molecule has 26 heavy (non-hydrogen) atoms. The highest BCUT2D eigenvalue weighted by Gasteiger charge is 2.53. The minimum absolute atomic E-state index is 0.000733. The molecule has 0 aromatic heterocycles. The molecule has 2 saturated carbocycles. The molecule has 0 aromatic carbocycles. The number of sulfonamides is 1. The SMILES string of the molecule is CC(C)NC(=O)[C@@H](C)[C@H]1CC[C@@]2(C)CC[C@H](NS(C)(=O)=O)[C@@H](C)[C@@H]2[C@H]1O. The quantitative estimate of drug-likeness (QED) is 0.670. The average molecular weight is 389 g/mol. The van der Waals surface area contributed by atoms with Crippen molar-refractivity contribution < 1.29 is 18.3 Å². The van der Waals surface area contributed by atoms with Gasteiger partial charge in [-0.25, -0.2) is 13.1 Å². The van der Waals surface area contributed by atoms with Crippen molar-refractivity contribution in [2.45, 2.75) is 78.5 Å². The largest absolute Gasteiger partial charge is 0.392 e. The molecule has 3 N–H and O–H groups in total. The van der Waals surface area contributed by atoms with E-state index in [2.05, 4.69) is 17.0 Å². The molecule has 7 heteroatoms. The summed E-state index contributed by atoms with van der Waals surface area (Å²) in [6.45, 7) is 10.0. The van der Waals surface area contributed by atoms with Crippen molar-refractivity contribution in [1.29, 1.82) is 0 Å². The van der Waals surface area contributed by atoms with Crippen molar-refractivity contribution in [2.75, 3.05) is 6.26 Å². The van der Waals surface area contributed by atoms with Gasteiger partial charge in [-0.3, -0.25) is 4.79 Å². The van der Waals surface area contributed by atoms with Crippen LogP contribution in [0.2, 0.25) is 0 Å². The number of aliphatic hydroxyl groups excluding tert-OH is 1. The van der Waals surface area contributed by atoms with Gasteiger partial charge in [0.1, 0.15) is 0 Å². The fourth-order valence-electron chi connectivity index (χ4n) is 5.35. The Morgan fingerprint density at radius 3 is 2.31 bits per heavy atom. The monoisotopic (exact) mass is 388 g/mol. The Hall–Kier alpha value is -0.660. The summed E-state index contributed by atoms with van der Waals surface area (Å²) in [7, 11) is -3.28. The van der Waals surface area contributed by atoms with Gasteiger partial charge in [0.15, 0.2) is 0 Å². The van der Waals surface area contributed by atoms with E-state index in [1.165, 1.54) is 6.26 Å². The summed E-state index contributed by atoms with van der Waals surface area (Å²) in [5.74, 6) is -0.342. The number of hydrogen-bond acceptors (Lipinski definition) is 4. The van der Waals surface area contributed by atoms with Crippen LogP contribution in [-0.4, -0.2) is 43.9 Å². The van der Waals surface area contributed by atoms with E-state index in [4.69, 9.17) is 0 Å². The van der Waals surface area contributed by atoms with Crippen molar-refractivity contribution in [1.82, 2.24) is 10.0 Å². The van der Waals surface area contributed by atoms with Crippen LogP contribution in [0.3, 0.4) is 0 Å². The van der Waals surface area contributed by atoms with Crippen LogP contribution >= 0.6 is 0 Å². The van der Waals surface area contributed by atoms with Crippen molar-refractivity contribution >= 4 is 15.9 Å².